The minimum absolute atomic E-state index is 0.211. The second-order valence-electron chi connectivity index (χ2n) is 3.63. The van der Waals surface area contributed by atoms with Gasteiger partial charge >= 0.3 is 0 Å². The Morgan fingerprint density at radius 3 is 2.81 bits per heavy atom. The second-order valence-corrected chi connectivity index (χ2v) is 3.96. The average molecular weight is 246 g/mol. The van der Waals surface area contributed by atoms with E-state index in [2.05, 4.69) is 9.97 Å². The second kappa shape index (κ2) is 5.98. The van der Waals surface area contributed by atoms with Crippen molar-refractivity contribution in [2.75, 3.05) is 32.2 Å². The van der Waals surface area contributed by atoms with Crippen LogP contribution in [0.5, 0.6) is 0 Å². The highest BCUT2D eigenvalue weighted by Crippen LogP contribution is 2.13. The van der Waals surface area contributed by atoms with Gasteiger partial charge in [-0.2, -0.15) is 0 Å². The van der Waals surface area contributed by atoms with Gasteiger partial charge in [0.1, 0.15) is 5.82 Å². The molecule has 0 aliphatic rings. The van der Waals surface area contributed by atoms with Crippen LogP contribution in [0.15, 0.2) is 6.07 Å². The van der Waals surface area contributed by atoms with Crippen molar-refractivity contribution in [3.8, 4) is 0 Å². The van der Waals surface area contributed by atoms with Crippen molar-refractivity contribution >= 4 is 17.4 Å². The van der Waals surface area contributed by atoms with Crippen LogP contribution in [-0.2, 0) is 4.74 Å². The molecule has 0 aliphatic carbocycles. The molecule has 16 heavy (non-hydrogen) atoms. The SMILES string of the molecule is COCC(O)CN(C)c1cc(C)nc(Cl)n1. The molecule has 0 radical (unpaired) electrons. The lowest BCUT2D eigenvalue weighted by Gasteiger charge is -2.21. The highest BCUT2D eigenvalue weighted by Gasteiger charge is 2.10. The van der Waals surface area contributed by atoms with Gasteiger partial charge in [0, 0.05) is 32.5 Å². The number of aliphatic hydroxyl groups is 1. The summed E-state index contributed by atoms with van der Waals surface area (Å²) in [6.07, 6.45) is -0.552. The number of hydrogen-bond acceptors (Lipinski definition) is 5. The van der Waals surface area contributed by atoms with Crippen LogP contribution in [0.4, 0.5) is 5.82 Å². The lowest BCUT2D eigenvalue weighted by molar-refractivity contribution is 0.0694. The Labute approximate surface area is 100 Å². The van der Waals surface area contributed by atoms with Crippen LogP contribution in [0.2, 0.25) is 5.28 Å². The van der Waals surface area contributed by atoms with Gasteiger partial charge in [0.05, 0.1) is 12.7 Å². The van der Waals surface area contributed by atoms with Gasteiger partial charge in [-0.1, -0.05) is 0 Å². The predicted octanol–water partition coefficient (Wildman–Crippen LogP) is 0.882. The molecule has 0 aromatic carbocycles. The summed E-state index contributed by atoms with van der Waals surface area (Å²) < 4.78 is 4.85. The Morgan fingerprint density at radius 2 is 2.25 bits per heavy atom. The van der Waals surface area contributed by atoms with E-state index in [1.165, 1.54) is 0 Å². The van der Waals surface area contributed by atoms with Gasteiger partial charge in [0.2, 0.25) is 5.28 Å². The quantitative estimate of drug-likeness (QED) is 0.781. The molecule has 5 nitrogen and oxygen atoms in total. The zero-order valence-electron chi connectivity index (χ0n) is 9.64. The van der Waals surface area contributed by atoms with Gasteiger partial charge in [-0.15, -0.1) is 0 Å². The molecule has 0 amide bonds. The van der Waals surface area contributed by atoms with Gasteiger partial charge in [-0.3, -0.25) is 0 Å². The number of aromatic nitrogens is 2. The van der Waals surface area contributed by atoms with Crippen LogP contribution in [0.3, 0.4) is 0 Å². The number of methoxy groups -OCH3 is 1. The number of aryl methyl sites for hydroxylation is 1. The van der Waals surface area contributed by atoms with E-state index in [-0.39, 0.29) is 5.28 Å². The maximum Gasteiger partial charge on any atom is 0.224 e. The van der Waals surface area contributed by atoms with Gasteiger partial charge in [0.15, 0.2) is 0 Å². The predicted molar refractivity (Wildman–Crippen MR) is 62.9 cm³/mol. The smallest absolute Gasteiger partial charge is 0.224 e. The van der Waals surface area contributed by atoms with E-state index in [0.29, 0.717) is 19.0 Å². The van der Waals surface area contributed by atoms with Crippen molar-refractivity contribution in [2.24, 2.45) is 0 Å². The third kappa shape index (κ3) is 3.92. The Bertz CT molecular complexity index is 329. The summed E-state index contributed by atoms with van der Waals surface area (Å²) in [7, 11) is 3.38. The van der Waals surface area contributed by atoms with Crippen LogP contribution in [0.1, 0.15) is 5.69 Å². The maximum atomic E-state index is 9.58. The van der Waals surface area contributed by atoms with E-state index in [4.69, 9.17) is 16.3 Å². The summed E-state index contributed by atoms with van der Waals surface area (Å²) in [5, 5.41) is 9.79. The molecule has 1 aromatic heterocycles. The van der Waals surface area contributed by atoms with E-state index >= 15 is 0 Å². The van der Waals surface area contributed by atoms with Crippen molar-refractivity contribution in [1.82, 2.24) is 9.97 Å². The maximum absolute atomic E-state index is 9.58. The van der Waals surface area contributed by atoms with Gasteiger partial charge in [-0.25, -0.2) is 9.97 Å². The minimum Gasteiger partial charge on any atom is -0.389 e. The lowest BCUT2D eigenvalue weighted by Crippen LogP contribution is -2.32. The lowest BCUT2D eigenvalue weighted by atomic mass is 10.3. The van der Waals surface area contributed by atoms with Crippen LogP contribution in [0.25, 0.3) is 0 Å². The topological polar surface area (TPSA) is 58.5 Å². The summed E-state index contributed by atoms with van der Waals surface area (Å²) >= 11 is 5.76. The number of likely N-dealkylation sites (N-methyl/N-ethyl adjacent to an activating group) is 1. The summed E-state index contributed by atoms with van der Waals surface area (Å²) in [5.74, 6) is 0.688. The number of rotatable bonds is 5. The van der Waals surface area contributed by atoms with Gasteiger partial charge < -0.3 is 14.7 Å². The minimum atomic E-state index is -0.552. The van der Waals surface area contributed by atoms with Crippen LogP contribution in [0, 0.1) is 6.92 Å². The van der Waals surface area contributed by atoms with E-state index in [0.717, 1.165) is 5.69 Å². The average Bonchev–Trinajstić information content (AvgIpc) is 2.16. The zero-order chi connectivity index (χ0) is 12.1. The molecule has 1 rings (SSSR count). The molecule has 1 aromatic rings. The van der Waals surface area contributed by atoms with E-state index in [1.54, 1.807) is 7.11 Å². The normalized spacial score (nSPS) is 12.6. The van der Waals surface area contributed by atoms with Crippen LogP contribution >= 0.6 is 11.6 Å². The molecule has 1 unspecified atom stereocenters. The number of anilines is 1. The number of halogens is 1. The number of aliphatic hydroxyl groups excluding tert-OH is 1. The van der Waals surface area contributed by atoms with Crippen molar-refractivity contribution in [2.45, 2.75) is 13.0 Å². The summed E-state index contributed by atoms with van der Waals surface area (Å²) in [6, 6.07) is 1.81. The fourth-order valence-electron chi connectivity index (χ4n) is 1.37. The fraction of sp³-hybridized carbons (Fsp3) is 0.600. The molecule has 0 saturated heterocycles. The monoisotopic (exact) mass is 245 g/mol. The van der Waals surface area contributed by atoms with E-state index in [9.17, 15) is 5.11 Å². The first-order chi connectivity index (χ1) is 7.52. The molecular weight excluding hydrogens is 230 g/mol. The third-order valence-electron chi connectivity index (χ3n) is 2.05. The van der Waals surface area contributed by atoms with Crippen LogP contribution < -0.4 is 4.90 Å². The molecule has 0 fully saturated rings. The highest BCUT2D eigenvalue weighted by atomic mass is 35.5. The molecule has 0 bridgehead atoms. The van der Waals surface area contributed by atoms with Crippen LogP contribution in [-0.4, -0.2) is 48.5 Å². The third-order valence-corrected chi connectivity index (χ3v) is 2.22. The number of hydrogen-bond donors (Lipinski definition) is 1. The number of ether oxygens (including phenoxy) is 1. The van der Waals surface area contributed by atoms with Crippen molar-refractivity contribution in [3.05, 3.63) is 17.0 Å². The molecule has 1 atom stereocenters. The summed E-state index contributed by atoms with van der Waals surface area (Å²) in [5.41, 5.74) is 0.795. The van der Waals surface area contributed by atoms with Crippen molar-refractivity contribution < 1.29 is 9.84 Å². The molecule has 1 N–H and O–H groups in total. The highest BCUT2D eigenvalue weighted by molar-refractivity contribution is 6.28. The first-order valence-corrected chi connectivity index (χ1v) is 5.30. The molecule has 1 heterocycles. The van der Waals surface area contributed by atoms with Gasteiger partial charge in [0.25, 0.3) is 0 Å². The molecule has 0 aliphatic heterocycles. The molecular formula is C10H16ClN3O2. The van der Waals surface area contributed by atoms with E-state index < -0.39 is 6.10 Å². The summed E-state index contributed by atoms with van der Waals surface area (Å²) in [4.78, 5) is 9.86. The molecule has 0 saturated carbocycles. The Morgan fingerprint density at radius 1 is 1.56 bits per heavy atom. The Balaban J connectivity index is 2.68. The standard InChI is InChI=1S/C10H16ClN3O2/c1-7-4-9(13-10(11)12-7)14(2)5-8(15)6-16-3/h4,8,15H,5-6H2,1-3H3. The van der Waals surface area contributed by atoms with Crippen molar-refractivity contribution in [1.29, 1.82) is 0 Å². The fourth-order valence-corrected chi connectivity index (χ4v) is 1.59. The van der Waals surface area contributed by atoms with Crippen molar-refractivity contribution in [3.63, 3.8) is 0 Å². The molecule has 0 spiro atoms. The molecule has 90 valence electrons. The first kappa shape index (κ1) is 13.2. The largest absolute Gasteiger partial charge is 0.389 e. The van der Waals surface area contributed by atoms with Gasteiger partial charge in [-0.05, 0) is 18.5 Å². The van der Waals surface area contributed by atoms with E-state index in [1.807, 2.05) is 24.9 Å². The Kier molecular flexibility index (Phi) is 4.92. The first-order valence-electron chi connectivity index (χ1n) is 4.92. The Hall–Kier alpha value is -0.910. The molecule has 6 heteroatoms. The zero-order valence-corrected chi connectivity index (χ0v) is 10.4. The number of nitrogens with zero attached hydrogens (tertiary/aromatic N) is 3. The summed E-state index contributed by atoms with van der Waals surface area (Å²) in [6.45, 7) is 2.57.